The third kappa shape index (κ3) is 111. The Morgan fingerprint density at radius 1 is 0.200 bits per heavy atom. The molecule has 0 spiro atoms. The molecule has 0 aromatic heterocycles. The van der Waals surface area contributed by atoms with E-state index in [0.29, 0.717) is 0 Å². The van der Waals surface area contributed by atoms with Gasteiger partial charge in [-0.2, -0.15) is 0 Å². The van der Waals surface area contributed by atoms with Crippen molar-refractivity contribution in [1.29, 1.82) is 0 Å². The van der Waals surface area contributed by atoms with Gasteiger partial charge in [-0.15, -0.1) is 0 Å². The first kappa shape index (κ1) is 99.0. The molecule has 0 rings (SSSR count). The maximum absolute atomic E-state index is 8.74. The van der Waals surface area contributed by atoms with E-state index in [1.807, 2.05) is 0 Å². The minimum atomic E-state index is -1.99. The van der Waals surface area contributed by atoms with Crippen molar-refractivity contribution in [2.75, 3.05) is 19.8 Å². The van der Waals surface area contributed by atoms with E-state index < -0.39 is 122 Å². The molecule has 0 aromatic rings. The Morgan fingerprint density at radius 2 is 0.387 bits per heavy atom. The Balaban J connectivity index is -0.0000000952. The third-order valence-electron chi connectivity index (χ3n) is 14.0. The van der Waals surface area contributed by atoms with E-state index in [1.165, 1.54) is 103 Å². The van der Waals surface area contributed by atoms with Gasteiger partial charge in [0, 0.05) is 0 Å². The van der Waals surface area contributed by atoms with Crippen molar-refractivity contribution in [3.63, 3.8) is 0 Å². The molecule has 0 aliphatic carbocycles. The van der Waals surface area contributed by atoms with E-state index in [9.17, 15) is 0 Å². The Hall–Kier alpha value is 4.91. The number of unbranched alkanes of at least 4 members (excludes halogenated alkanes) is 4. The van der Waals surface area contributed by atoms with Crippen molar-refractivity contribution in [1.82, 2.24) is 0 Å². The summed E-state index contributed by atoms with van der Waals surface area (Å²) in [7, 11) is 0. The summed E-state index contributed by atoms with van der Waals surface area (Å²) in [6.07, 6.45) is 17.2. The Labute approximate surface area is 509 Å². The molecular weight excluding hydrogens is 1480 g/mol. The molecule has 3 N–H and O–H groups in total. The number of hydrogen-bond donors (Lipinski definition) is 3. The SMILES string of the molecule is CCCC[AsH](C)(C)C.CCCC[AsH](C)(CCCC)CCCC.CCC[AsH](C)(C)C.CCC[AsH](C)(CCC)CCC.CC[AsH](C)(C)C.CC[AsH](C)(CC)CC.C[AsH](C)(C)C.C[AsH](C)(C)C.C[AsH](CCO)(CCO)CCO. The predicted molar refractivity (Wildman–Crippen MR) is 404 cm³/mol. The average Bonchev–Trinajstić information content (AvgIpc) is 3.26. The van der Waals surface area contributed by atoms with Gasteiger partial charge in [0.1, 0.15) is 0 Å². The van der Waals surface area contributed by atoms with Crippen LogP contribution in [-0.4, -0.2) is 157 Å². The number of aliphatic hydroxyl groups is 3. The van der Waals surface area contributed by atoms with Crippen LogP contribution in [0.25, 0.3) is 0 Å². The van der Waals surface area contributed by atoms with Crippen molar-refractivity contribution < 1.29 is 15.3 Å². The van der Waals surface area contributed by atoms with Crippen LogP contribution in [-0.2, 0) is 0 Å². The van der Waals surface area contributed by atoms with Crippen molar-refractivity contribution >= 4 is 122 Å². The fourth-order valence-electron chi connectivity index (χ4n) is 7.76. The second-order valence-electron chi connectivity index (χ2n) is 31.2. The second kappa shape index (κ2) is 60.6. The van der Waals surface area contributed by atoms with E-state index >= 15 is 0 Å². The van der Waals surface area contributed by atoms with Crippen molar-refractivity contribution in [2.45, 2.75) is 358 Å². The van der Waals surface area contributed by atoms with Gasteiger partial charge in [-0.05, 0) is 0 Å². The minimum absolute atomic E-state index is 0.205. The van der Waals surface area contributed by atoms with Crippen molar-refractivity contribution in [3.05, 3.63) is 0 Å². The zero-order valence-corrected chi connectivity index (χ0v) is 78.9. The molecule has 0 unspecified atom stereocenters. The van der Waals surface area contributed by atoms with Gasteiger partial charge in [0.15, 0.2) is 0 Å². The summed E-state index contributed by atoms with van der Waals surface area (Å²) in [6.45, 7) is 28.5. The van der Waals surface area contributed by atoms with Crippen molar-refractivity contribution in [2.24, 2.45) is 0 Å². The van der Waals surface area contributed by atoms with Crippen LogP contribution in [0, 0.1) is 0 Å². The average molecular weight is 1650 g/mol. The van der Waals surface area contributed by atoms with Crippen LogP contribution < -0.4 is 0 Å². The fraction of sp³-hybridized carbons (Fsp3) is 1.00. The van der Waals surface area contributed by atoms with Crippen LogP contribution in [0.3, 0.4) is 0 Å². The van der Waals surface area contributed by atoms with Gasteiger partial charge in [0.25, 0.3) is 0 Å². The molecule has 0 heterocycles. The molecule has 486 valence electrons. The van der Waals surface area contributed by atoms with E-state index in [2.05, 4.69) is 203 Å². The van der Waals surface area contributed by atoms with Gasteiger partial charge in [-0.1, -0.05) is 0 Å². The molecule has 75 heavy (non-hydrogen) atoms. The molecule has 0 aromatic carbocycles. The molecule has 0 bridgehead atoms. The molecule has 0 aliphatic heterocycles. The number of hydrogen-bond acceptors (Lipinski definition) is 3. The molecule has 0 amide bonds. The zero-order valence-electron chi connectivity index (χ0n) is 60.1. The fourth-order valence-corrected chi connectivity index (χ4v) is 40.3. The van der Waals surface area contributed by atoms with E-state index in [4.69, 9.17) is 15.3 Å². The van der Waals surface area contributed by atoms with E-state index in [0.717, 1.165) is 15.6 Å². The van der Waals surface area contributed by atoms with Crippen LogP contribution in [0.4, 0.5) is 0 Å². The van der Waals surface area contributed by atoms with Gasteiger partial charge in [-0.3, -0.25) is 0 Å². The predicted octanol–water partition coefficient (Wildman–Crippen LogP) is 22.6. The molecule has 12 heteroatoms. The Bertz CT molecular complexity index is 960. The van der Waals surface area contributed by atoms with E-state index in [-0.39, 0.29) is 19.8 Å². The molecule has 0 fully saturated rings. The Morgan fingerprint density at radius 3 is 0.493 bits per heavy atom. The van der Waals surface area contributed by atoms with Crippen LogP contribution in [0.15, 0.2) is 0 Å². The number of aliphatic hydroxyl groups excluding tert-OH is 3. The van der Waals surface area contributed by atoms with Crippen LogP contribution in [0.2, 0.25) is 198 Å². The first-order valence-corrected chi connectivity index (χ1v) is 99.1. The quantitative estimate of drug-likeness (QED) is 0.0628. The van der Waals surface area contributed by atoms with Gasteiger partial charge >= 0.3 is 515 Å². The van der Waals surface area contributed by atoms with Crippen LogP contribution in [0.5, 0.6) is 0 Å². The van der Waals surface area contributed by atoms with Gasteiger partial charge in [0.2, 0.25) is 0 Å². The summed E-state index contributed by atoms with van der Waals surface area (Å²) in [5.74, 6) is 0. The molecule has 0 saturated carbocycles. The number of rotatable bonds is 30. The summed E-state index contributed by atoms with van der Waals surface area (Å²) in [5.41, 5.74) is 51.2. The standard InChI is InChI=1S/C13H31As.C10H25As.C7H19AsO3.2C7H19As.C6H17As.C5H15As.2C4H13As/c1-5-8-11-14(4,12-9-6-2)13-10-7-3;1-5-8-11(4,9-6-2)10-7-3;1-8(2-5-9,3-6-10)4-7-11;1-5-6-7-8(2,3)4;1-5-8(4,6-2)7-3;1-5-6-7(2,3)4;1-5-6(2,3)4;2*1-5(2,3)4/h14H,5-13H2,1-4H3;11H,5-10H2,1-4H3;8-11H,2-7H2,1H3;2*8H,5-7H2,1-4H3;7H,5-6H2,1-4H3;6H,5H2,1-4H3;2*5H,1-4H3. The maximum atomic E-state index is 8.74. The van der Waals surface area contributed by atoms with Gasteiger partial charge in [-0.25, -0.2) is 0 Å². The monoisotopic (exact) mass is 1650 g/mol. The summed E-state index contributed by atoms with van der Waals surface area (Å²) in [5, 5.41) is 47.5. The normalized spacial score (nSPS) is 13.9. The molecular formula is C63H171As9O3. The molecule has 3 nitrogen and oxygen atoms in total. The Kier molecular flexibility index (Phi) is 79.9. The summed E-state index contributed by atoms with van der Waals surface area (Å²) in [6, 6.07) is 0. The van der Waals surface area contributed by atoms with Crippen LogP contribution in [0.1, 0.15) is 160 Å². The zero-order chi connectivity index (χ0) is 61.7. The van der Waals surface area contributed by atoms with Crippen LogP contribution >= 0.6 is 0 Å². The molecule has 0 aliphatic rings. The molecule has 0 atom stereocenters. The molecule has 0 saturated heterocycles. The third-order valence-corrected chi connectivity index (χ3v) is 66.9. The van der Waals surface area contributed by atoms with Gasteiger partial charge < -0.3 is 0 Å². The summed E-state index contributed by atoms with van der Waals surface area (Å²) in [4.78, 5) is 0. The second-order valence-corrected chi connectivity index (χ2v) is 136. The van der Waals surface area contributed by atoms with E-state index in [1.54, 1.807) is 36.5 Å². The van der Waals surface area contributed by atoms with Crippen molar-refractivity contribution in [3.8, 4) is 0 Å². The first-order chi connectivity index (χ1) is 33.9. The summed E-state index contributed by atoms with van der Waals surface area (Å²) >= 11 is -10.9. The molecule has 0 radical (unpaired) electrons. The first-order valence-electron chi connectivity index (χ1n) is 32.7. The topological polar surface area (TPSA) is 60.7 Å². The van der Waals surface area contributed by atoms with Gasteiger partial charge in [0.05, 0.1) is 0 Å². The summed E-state index contributed by atoms with van der Waals surface area (Å²) < 4.78 is 0.